The highest BCUT2D eigenvalue weighted by Crippen LogP contribution is 2.31. The number of carbonyl (C=O) groups excluding carboxylic acids is 2. The van der Waals surface area contributed by atoms with Crippen molar-refractivity contribution in [3.63, 3.8) is 0 Å². The fraction of sp³-hybridized carbons (Fsp3) is 0.182. The molecule has 0 atom stereocenters. The summed E-state index contributed by atoms with van der Waals surface area (Å²) in [5, 5.41) is 8.07. The molecule has 7 nitrogen and oxygen atoms in total. The van der Waals surface area contributed by atoms with Crippen LogP contribution in [0, 0.1) is 0 Å². The van der Waals surface area contributed by atoms with Crippen molar-refractivity contribution >= 4 is 39.6 Å². The summed E-state index contributed by atoms with van der Waals surface area (Å²) in [4.78, 5) is 34.1. The van der Waals surface area contributed by atoms with Crippen LogP contribution in [0.1, 0.15) is 24.1 Å². The quantitative estimate of drug-likeness (QED) is 0.403. The van der Waals surface area contributed by atoms with E-state index in [1.54, 1.807) is 17.5 Å². The van der Waals surface area contributed by atoms with E-state index in [-0.39, 0.29) is 18.2 Å². The molecule has 2 N–H and O–H groups in total. The van der Waals surface area contributed by atoms with Gasteiger partial charge < -0.3 is 15.1 Å². The summed E-state index contributed by atoms with van der Waals surface area (Å²) in [7, 11) is 0. The van der Waals surface area contributed by atoms with Gasteiger partial charge in [-0.25, -0.2) is 9.97 Å². The van der Waals surface area contributed by atoms with E-state index in [2.05, 4.69) is 20.6 Å². The van der Waals surface area contributed by atoms with Crippen molar-refractivity contribution in [1.29, 1.82) is 0 Å². The molecule has 3 aromatic heterocycles. The average molecular weight is 453 g/mol. The van der Waals surface area contributed by atoms with Crippen LogP contribution in [-0.4, -0.2) is 21.8 Å². The second-order valence-corrected chi connectivity index (χ2v) is 8.77. The Balaban J connectivity index is 1.29. The molecule has 0 spiro atoms. The van der Waals surface area contributed by atoms with Gasteiger partial charge in [0.05, 0.1) is 23.3 Å². The molecule has 0 bridgehead atoms. The fourth-order valence-electron chi connectivity index (χ4n) is 2.83. The summed E-state index contributed by atoms with van der Waals surface area (Å²) < 4.78 is 5.74. The van der Waals surface area contributed by atoms with E-state index in [1.165, 1.54) is 18.3 Å². The van der Waals surface area contributed by atoms with Crippen molar-refractivity contribution < 1.29 is 14.0 Å². The fourth-order valence-corrected chi connectivity index (χ4v) is 4.54. The molecule has 4 aromatic rings. The van der Waals surface area contributed by atoms with Crippen molar-refractivity contribution in [2.45, 2.75) is 26.3 Å². The number of nitrogens with one attached hydrogen (secondary N) is 2. The van der Waals surface area contributed by atoms with Crippen molar-refractivity contribution in [2.24, 2.45) is 0 Å². The highest BCUT2D eigenvalue weighted by Gasteiger charge is 2.12. The maximum absolute atomic E-state index is 12.3. The molecule has 0 aliphatic rings. The number of aromatic nitrogens is 2. The van der Waals surface area contributed by atoms with Crippen LogP contribution >= 0.6 is 22.7 Å². The van der Waals surface area contributed by atoms with E-state index in [0.29, 0.717) is 29.7 Å². The lowest BCUT2D eigenvalue weighted by molar-refractivity contribution is -0.119. The molecule has 31 heavy (non-hydrogen) atoms. The molecule has 1 aromatic carbocycles. The number of hydrogen-bond donors (Lipinski definition) is 2. The van der Waals surface area contributed by atoms with Crippen LogP contribution in [0.15, 0.2) is 58.5 Å². The minimum atomic E-state index is -0.141. The third-order valence-electron chi connectivity index (χ3n) is 4.35. The summed E-state index contributed by atoms with van der Waals surface area (Å²) in [5.41, 5.74) is 1.76. The third kappa shape index (κ3) is 5.65. The van der Waals surface area contributed by atoms with Crippen LogP contribution in [0.2, 0.25) is 0 Å². The average Bonchev–Trinajstić information content (AvgIpc) is 3.52. The summed E-state index contributed by atoms with van der Waals surface area (Å²) in [5.74, 6) is 1.01. The first kappa shape index (κ1) is 21.0. The minimum Gasteiger partial charge on any atom is -0.441 e. The van der Waals surface area contributed by atoms with Crippen LogP contribution in [0.25, 0.3) is 21.9 Å². The lowest BCUT2D eigenvalue weighted by atomic mass is 10.2. The molecule has 0 saturated heterocycles. The van der Waals surface area contributed by atoms with E-state index in [9.17, 15) is 9.59 Å². The van der Waals surface area contributed by atoms with Crippen LogP contribution in [0.4, 0.5) is 5.13 Å². The summed E-state index contributed by atoms with van der Waals surface area (Å²) in [6.07, 6.45) is 2.34. The normalized spacial score (nSPS) is 10.7. The number of carbonyl (C=O) groups is 2. The van der Waals surface area contributed by atoms with Crippen molar-refractivity contribution in [3.8, 4) is 21.9 Å². The number of rotatable bonds is 8. The zero-order chi connectivity index (χ0) is 21.6. The number of oxazole rings is 1. The lowest BCUT2D eigenvalue weighted by Gasteiger charge is -2.00. The first-order chi connectivity index (χ1) is 15.1. The Bertz CT molecular complexity index is 1180. The molecular weight excluding hydrogens is 432 g/mol. The van der Waals surface area contributed by atoms with Gasteiger partial charge in [-0.1, -0.05) is 30.3 Å². The maximum Gasteiger partial charge on any atom is 0.226 e. The van der Waals surface area contributed by atoms with Crippen LogP contribution in [0.5, 0.6) is 0 Å². The van der Waals surface area contributed by atoms with E-state index >= 15 is 0 Å². The Morgan fingerprint density at radius 3 is 2.77 bits per heavy atom. The van der Waals surface area contributed by atoms with Gasteiger partial charge in [0.1, 0.15) is 0 Å². The molecule has 4 rings (SSSR count). The Kier molecular flexibility index (Phi) is 6.54. The largest absolute Gasteiger partial charge is 0.441 e. The van der Waals surface area contributed by atoms with E-state index in [1.807, 2.05) is 47.8 Å². The van der Waals surface area contributed by atoms with Crippen molar-refractivity contribution in [1.82, 2.24) is 15.3 Å². The van der Waals surface area contributed by atoms with Crippen LogP contribution in [0.3, 0.4) is 0 Å². The maximum atomic E-state index is 12.3. The molecule has 9 heteroatoms. The Morgan fingerprint density at radius 1 is 1.13 bits per heavy atom. The summed E-state index contributed by atoms with van der Waals surface area (Å²) >= 11 is 2.94. The van der Waals surface area contributed by atoms with Gasteiger partial charge in [0, 0.05) is 35.6 Å². The second kappa shape index (κ2) is 9.67. The van der Waals surface area contributed by atoms with Crippen LogP contribution in [-0.2, 0) is 22.6 Å². The molecule has 3 heterocycles. The first-order valence-electron chi connectivity index (χ1n) is 9.66. The minimum absolute atomic E-state index is 0.0605. The third-order valence-corrected chi connectivity index (χ3v) is 6.22. The molecule has 0 radical (unpaired) electrons. The van der Waals surface area contributed by atoms with Gasteiger partial charge in [-0.2, -0.15) is 0 Å². The number of benzene rings is 1. The number of thiazole rings is 1. The molecule has 2 amide bonds. The standard InChI is InChI=1S/C22H20N4O3S2/c1-14(27)23-11-16-7-8-19(31-16)17-13-30-22(25-17)26-20(28)9-10-21-24-12-18(29-21)15-5-3-2-4-6-15/h2-8,12-13H,9-11H2,1H3,(H,23,27)(H,25,26,28). The van der Waals surface area contributed by atoms with Crippen LogP contribution < -0.4 is 10.6 Å². The van der Waals surface area contributed by atoms with Crippen molar-refractivity contribution in [3.05, 3.63) is 64.8 Å². The number of anilines is 1. The molecule has 0 unspecified atom stereocenters. The molecular formula is C22H20N4O3S2. The Morgan fingerprint density at radius 2 is 1.97 bits per heavy atom. The van der Waals surface area contributed by atoms with E-state index < -0.39 is 0 Å². The van der Waals surface area contributed by atoms with Gasteiger partial charge in [-0.3, -0.25) is 9.59 Å². The van der Waals surface area contributed by atoms with Gasteiger partial charge in [0.25, 0.3) is 0 Å². The SMILES string of the molecule is CC(=O)NCc1ccc(-c2csc(NC(=O)CCc3ncc(-c4ccccc4)o3)n2)s1. The number of amides is 2. The zero-order valence-corrected chi connectivity index (χ0v) is 18.4. The number of hydrogen-bond acceptors (Lipinski definition) is 7. The summed E-state index contributed by atoms with van der Waals surface area (Å²) in [6, 6.07) is 13.7. The van der Waals surface area contributed by atoms with Gasteiger partial charge in [0.15, 0.2) is 16.8 Å². The van der Waals surface area contributed by atoms with E-state index in [0.717, 1.165) is 21.0 Å². The molecule has 0 aliphatic heterocycles. The molecule has 158 valence electrons. The predicted molar refractivity (Wildman–Crippen MR) is 122 cm³/mol. The lowest BCUT2D eigenvalue weighted by Crippen LogP contribution is -2.17. The number of aryl methyl sites for hydroxylation is 1. The molecule has 0 fully saturated rings. The monoisotopic (exact) mass is 452 g/mol. The molecule has 0 aliphatic carbocycles. The predicted octanol–water partition coefficient (Wildman–Crippen LogP) is 4.73. The number of thiophene rings is 1. The smallest absolute Gasteiger partial charge is 0.226 e. The van der Waals surface area contributed by atoms with Gasteiger partial charge in [-0.05, 0) is 12.1 Å². The van der Waals surface area contributed by atoms with Gasteiger partial charge >= 0.3 is 0 Å². The number of nitrogens with zero attached hydrogens (tertiary/aromatic N) is 2. The zero-order valence-electron chi connectivity index (χ0n) is 16.8. The topological polar surface area (TPSA) is 97.1 Å². The summed E-state index contributed by atoms with van der Waals surface area (Å²) in [6.45, 7) is 1.99. The second-order valence-electron chi connectivity index (χ2n) is 6.75. The highest BCUT2D eigenvalue weighted by molar-refractivity contribution is 7.17. The first-order valence-corrected chi connectivity index (χ1v) is 11.4. The van der Waals surface area contributed by atoms with E-state index in [4.69, 9.17) is 4.42 Å². The highest BCUT2D eigenvalue weighted by atomic mass is 32.1. The van der Waals surface area contributed by atoms with Gasteiger partial charge in [-0.15, -0.1) is 22.7 Å². The Labute approximate surface area is 187 Å². The van der Waals surface area contributed by atoms with Gasteiger partial charge in [0.2, 0.25) is 11.8 Å². The Hall–Kier alpha value is -3.30. The molecule has 0 saturated carbocycles. The van der Waals surface area contributed by atoms with Crippen molar-refractivity contribution in [2.75, 3.05) is 5.32 Å².